The van der Waals surface area contributed by atoms with Gasteiger partial charge in [0.05, 0.1) is 11.1 Å². The van der Waals surface area contributed by atoms with Crippen molar-refractivity contribution in [1.29, 1.82) is 0 Å². The zero-order chi connectivity index (χ0) is 15.3. The van der Waals surface area contributed by atoms with Gasteiger partial charge < -0.3 is 10.4 Å². The third kappa shape index (κ3) is 4.63. The third-order valence-electron chi connectivity index (χ3n) is 2.73. The summed E-state index contributed by atoms with van der Waals surface area (Å²) in [5.41, 5.74) is -1.12. The summed E-state index contributed by atoms with van der Waals surface area (Å²) >= 11 is 1.65. The molecule has 0 aliphatic rings. The molecule has 20 heavy (non-hydrogen) atoms. The highest BCUT2D eigenvalue weighted by Crippen LogP contribution is 2.32. The second kappa shape index (κ2) is 6.88. The molecule has 0 radical (unpaired) electrons. The van der Waals surface area contributed by atoms with E-state index < -0.39 is 17.7 Å². The van der Waals surface area contributed by atoms with Gasteiger partial charge in [0.15, 0.2) is 0 Å². The number of hydrogen-bond donors (Lipinski definition) is 2. The molecule has 1 aromatic rings. The van der Waals surface area contributed by atoms with Crippen molar-refractivity contribution in [2.75, 3.05) is 17.3 Å². The first kappa shape index (κ1) is 16.7. The van der Waals surface area contributed by atoms with Gasteiger partial charge in [0.25, 0.3) is 0 Å². The number of carboxylic acid groups (broad SMARTS) is 1. The number of anilines is 1. The van der Waals surface area contributed by atoms with Crippen LogP contribution in [0.15, 0.2) is 18.2 Å². The Balaban J connectivity index is 2.99. The normalized spacial score (nSPS) is 13.1. The van der Waals surface area contributed by atoms with Gasteiger partial charge in [-0.25, -0.2) is 4.79 Å². The van der Waals surface area contributed by atoms with E-state index in [9.17, 15) is 18.0 Å². The molecule has 0 aliphatic carbocycles. The molecule has 0 saturated carbocycles. The molecular formula is C13H16F3NO2S. The van der Waals surface area contributed by atoms with Gasteiger partial charge in [-0.2, -0.15) is 24.9 Å². The number of hydrogen-bond acceptors (Lipinski definition) is 3. The summed E-state index contributed by atoms with van der Waals surface area (Å²) in [5, 5.41) is 12.0. The lowest BCUT2D eigenvalue weighted by Gasteiger charge is -2.17. The molecule has 0 saturated heterocycles. The summed E-state index contributed by atoms with van der Waals surface area (Å²) in [6, 6.07) is 2.70. The van der Waals surface area contributed by atoms with Gasteiger partial charge >= 0.3 is 12.1 Å². The number of aromatic carboxylic acids is 1. The van der Waals surface area contributed by atoms with Crippen molar-refractivity contribution in [3.8, 4) is 0 Å². The average Bonchev–Trinajstić information content (AvgIpc) is 2.35. The molecule has 112 valence electrons. The van der Waals surface area contributed by atoms with E-state index in [-0.39, 0.29) is 17.3 Å². The zero-order valence-electron chi connectivity index (χ0n) is 11.1. The van der Waals surface area contributed by atoms with E-state index in [1.165, 1.54) is 6.07 Å². The highest BCUT2D eigenvalue weighted by atomic mass is 32.2. The van der Waals surface area contributed by atoms with Gasteiger partial charge in [0.2, 0.25) is 0 Å². The molecule has 0 heterocycles. The predicted octanol–water partition coefficient (Wildman–Crippen LogP) is 3.96. The Kier molecular flexibility index (Phi) is 5.74. The molecule has 0 aromatic heterocycles. The number of alkyl halides is 3. The van der Waals surface area contributed by atoms with E-state index in [2.05, 4.69) is 5.32 Å². The fourth-order valence-corrected chi connectivity index (χ4v) is 2.24. The molecule has 0 amide bonds. The molecule has 0 spiro atoms. The summed E-state index contributed by atoms with van der Waals surface area (Å²) in [6.45, 7) is 1.86. The number of rotatable bonds is 6. The van der Waals surface area contributed by atoms with Crippen molar-refractivity contribution >= 4 is 23.4 Å². The average molecular weight is 307 g/mol. The molecule has 1 atom stereocenters. The lowest BCUT2D eigenvalue weighted by molar-refractivity contribution is -0.137. The van der Waals surface area contributed by atoms with E-state index in [0.717, 1.165) is 18.2 Å². The number of halogens is 3. The standard InChI is InChI=1S/C13H16F3NO2S/c1-8(5-6-20-2)17-11-4-3-9(13(14,15)16)7-10(11)12(18)19/h3-4,7-8,17H,5-6H2,1-2H3,(H,18,19). The van der Waals surface area contributed by atoms with Crippen molar-refractivity contribution in [2.45, 2.75) is 25.6 Å². The highest BCUT2D eigenvalue weighted by Gasteiger charge is 2.31. The number of benzene rings is 1. The molecule has 7 heteroatoms. The summed E-state index contributed by atoms with van der Waals surface area (Å²) in [4.78, 5) is 11.1. The number of carboxylic acids is 1. The Bertz CT molecular complexity index is 477. The first-order chi connectivity index (χ1) is 9.25. The topological polar surface area (TPSA) is 49.3 Å². The van der Waals surface area contributed by atoms with E-state index in [0.29, 0.717) is 6.07 Å². The Morgan fingerprint density at radius 1 is 1.45 bits per heavy atom. The van der Waals surface area contributed by atoms with E-state index in [1.54, 1.807) is 11.8 Å². The van der Waals surface area contributed by atoms with Gasteiger partial charge in [-0.1, -0.05) is 0 Å². The second-order valence-electron chi connectivity index (χ2n) is 4.39. The Morgan fingerprint density at radius 2 is 2.10 bits per heavy atom. The quantitative estimate of drug-likeness (QED) is 0.835. The molecule has 0 bridgehead atoms. The van der Waals surface area contributed by atoms with Crippen molar-refractivity contribution in [3.63, 3.8) is 0 Å². The maximum atomic E-state index is 12.6. The van der Waals surface area contributed by atoms with E-state index in [1.807, 2.05) is 13.2 Å². The highest BCUT2D eigenvalue weighted by molar-refractivity contribution is 7.98. The van der Waals surface area contributed by atoms with Crippen LogP contribution in [0, 0.1) is 0 Å². The fourth-order valence-electron chi connectivity index (χ4n) is 1.66. The van der Waals surface area contributed by atoms with Crippen LogP contribution in [0.25, 0.3) is 0 Å². The SMILES string of the molecule is CSCCC(C)Nc1ccc(C(F)(F)F)cc1C(=O)O. The number of thioether (sulfide) groups is 1. The van der Waals surface area contributed by atoms with Crippen molar-refractivity contribution in [1.82, 2.24) is 0 Å². The molecule has 1 aromatic carbocycles. The van der Waals surface area contributed by atoms with E-state index in [4.69, 9.17) is 5.11 Å². The monoisotopic (exact) mass is 307 g/mol. The van der Waals surface area contributed by atoms with Crippen LogP contribution in [0.3, 0.4) is 0 Å². The van der Waals surface area contributed by atoms with Crippen LogP contribution in [-0.2, 0) is 6.18 Å². The number of carbonyl (C=O) groups is 1. The third-order valence-corrected chi connectivity index (χ3v) is 3.38. The first-order valence-corrected chi connectivity index (χ1v) is 7.35. The molecule has 0 aliphatic heterocycles. The van der Waals surface area contributed by atoms with Gasteiger partial charge in [-0.05, 0) is 43.6 Å². The summed E-state index contributed by atoms with van der Waals surface area (Å²) in [7, 11) is 0. The minimum atomic E-state index is -4.55. The minimum absolute atomic E-state index is 0.0164. The lowest BCUT2D eigenvalue weighted by Crippen LogP contribution is -2.19. The zero-order valence-corrected chi connectivity index (χ0v) is 11.9. The molecular weight excluding hydrogens is 291 g/mol. The van der Waals surface area contributed by atoms with Gasteiger partial charge in [-0.3, -0.25) is 0 Å². The summed E-state index contributed by atoms with van der Waals surface area (Å²) < 4.78 is 37.7. The maximum Gasteiger partial charge on any atom is 0.416 e. The summed E-state index contributed by atoms with van der Waals surface area (Å²) in [5.74, 6) is -0.493. The largest absolute Gasteiger partial charge is 0.478 e. The van der Waals surface area contributed by atoms with Crippen LogP contribution in [0.5, 0.6) is 0 Å². The molecule has 2 N–H and O–H groups in total. The minimum Gasteiger partial charge on any atom is -0.478 e. The lowest BCUT2D eigenvalue weighted by atomic mass is 10.1. The van der Waals surface area contributed by atoms with Gasteiger partial charge in [-0.15, -0.1) is 0 Å². The maximum absolute atomic E-state index is 12.6. The van der Waals surface area contributed by atoms with Crippen molar-refractivity contribution in [3.05, 3.63) is 29.3 Å². The Morgan fingerprint density at radius 3 is 2.60 bits per heavy atom. The van der Waals surface area contributed by atoms with Crippen LogP contribution in [0.4, 0.5) is 18.9 Å². The van der Waals surface area contributed by atoms with Crippen LogP contribution in [0.2, 0.25) is 0 Å². The fraction of sp³-hybridized carbons (Fsp3) is 0.462. The Labute approximate surface area is 119 Å². The van der Waals surface area contributed by atoms with Crippen LogP contribution < -0.4 is 5.32 Å². The molecule has 1 rings (SSSR count). The second-order valence-corrected chi connectivity index (χ2v) is 5.38. The summed E-state index contributed by atoms with van der Waals surface area (Å²) in [6.07, 6.45) is -1.80. The smallest absolute Gasteiger partial charge is 0.416 e. The van der Waals surface area contributed by atoms with Crippen molar-refractivity contribution in [2.24, 2.45) is 0 Å². The van der Waals surface area contributed by atoms with Gasteiger partial charge in [0, 0.05) is 11.7 Å². The molecule has 1 unspecified atom stereocenters. The van der Waals surface area contributed by atoms with Crippen molar-refractivity contribution < 1.29 is 23.1 Å². The number of nitrogens with one attached hydrogen (secondary N) is 1. The molecule has 0 fully saturated rings. The Hall–Kier alpha value is -1.37. The van der Waals surface area contributed by atoms with Crippen LogP contribution in [0.1, 0.15) is 29.3 Å². The van der Waals surface area contributed by atoms with Crippen LogP contribution >= 0.6 is 11.8 Å². The molecule has 3 nitrogen and oxygen atoms in total. The van der Waals surface area contributed by atoms with E-state index >= 15 is 0 Å². The predicted molar refractivity (Wildman–Crippen MR) is 74.5 cm³/mol. The van der Waals surface area contributed by atoms with Gasteiger partial charge in [0.1, 0.15) is 0 Å². The van der Waals surface area contributed by atoms with Crippen LogP contribution in [-0.4, -0.2) is 29.1 Å². The first-order valence-electron chi connectivity index (χ1n) is 5.95.